The summed E-state index contributed by atoms with van der Waals surface area (Å²) < 4.78 is 22.5. The fraction of sp³-hybridized carbons (Fsp3) is 0.375. The van der Waals surface area contributed by atoms with E-state index >= 15 is 0 Å². The zero-order chi connectivity index (χ0) is 18.6. The van der Waals surface area contributed by atoms with Gasteiger partial charge in [-0.05, 0) is 30.7 Å². The van der Waals surface area contributed by atoms with Gasteiger partial charge in [-0.1, -0.05) is 0 Å². The molecule has 0 bridgehead atoms. The molecule has 1 aromatic heterocycles. The molecule has 3 rings (SSSR count). The minimum absolute atomic E-state index is 0.0188. The number of nitrogens with one attached hydrogen (secondary N) is 1. The number of amides is 1. The Morgan fingerprint density at radius 2 is 1.96 bits per heavy atom. The number of benzene rings is 1. The third-order valence-electron chi connectivity index (χ3n) is 4.11. The molecule has 2 heterocycles. The maximum absolute atomic E-state index is 12.3. The smallest absolute Gasteiger partial charge is 0.238 e. The summed E-state index contributed by atoms with van der Waals surface area (Å²) in [5.41, 5.74) is 0.543. The van der Waals surface area contributed by atoms with Gasteiger partial charge in [-0.2, -0.15) is 0 Å². The Hall–Kier alpha value is -2.01. The highest BCUT2D eigenvalue weighted by Gasteiger charge is 2.18. The molecule has 1 aromatic carbocycles. The number of thiazole rings is 1. The molecular weight excluding hydrogens is 374 g/mol. The summed E-state index contributed by atoms with van der Waals surface area (Å²) in [5.74, 6) is -0.129. The summed E-state index contributed by atoms with van der Waals surface area (Å²) in [6.45, 7) is 3.70. The zero-order valence-electron chi connectivity index (χ0n) is 14.2. The van der Waals surface area contributed by atoms with Gasteiger partial charge in [-0.25, -0.2) is 18.5 Å². The summed E-state index contributed by atoms with van der Waals surface area (Å²) >= 11 is 1.62. The maximum atomic E-state index is 12.3. The molecule has 140 valence electrons. The summed E-state index contributed by atoms with van der Waals surface area (Å²) in [5, 5.41) is 10.8. The number of nitrogens with zero attached hydrogens (tertiary/aromatic N) is 3. The number of carbonyl (C=O) groups excluding carboxylic acids is 1. The topological polar surface area (TPSA) is 109 Å². The van der Waals surface area contributed by atoms with Gasteiger partial charge in [0.1, 0.15) is 0 Å². The molecule has 1 amide bonds. The lowest BCUT2D eigenvalue weighted by atomic mass is 10.3. The van der Waals surface area contributed by atoms with Gasteiger partial charge in [0.05, 0.1) is 11.4 Å². The Labute approximate surface area is 156 Å². The Balaban J connectivity index is 1.52. The lowest BCUT2D eigenvalue weighted by Crippen LogP contribution is -2.36. The van der Waals surface area contributed by atoms with Crippen molar-refractivity contribution in [2.45, 2.75) is 11.3 Å². The summed E-state index contributed by atoms with van der Waals surface area (Å²) in [6, 6.07) is 5.82. The molecule has 8 nitrogen and oxygen atoms in total. The van der Waals surface area contributed by atoms with E-state index in [9.17, 15) is 13.2 Å². The average Bonchev–Trinajstić information content (AvgIpc) is 3.02. The van der Waals surface area contributed by atoms with E-state index in [0.29, 0.717) is 12.2 Å². The van der Waals surface area contributed by atoms with Crippen molar-refractivity contribution in [1.29, 1.82) is 0 Å². The highest BCUT2D eigenvalue weighted by Crippen LogP contribution is 2.19. The van der Waals surface area contributed by atoms with Crippen LogP contribution in [0.1, 0.15) is 6.42 Å². The lowest BCUT2D eigenvalue weighted by molar-refractivity contribution is -0.117. The van der Waals surface area contributed by atoms with Crippen LogP contribution in [0.3, 0.4) is 0 Å². The molecular formula is C16H21N5O3S2. The van der Waals surface area contributed by atoms with Gasteiger partial charge in [-0.15, -0.1) is 11.3 Å². The van der Waals surface area contributed by atoms with Crippen molar-refractivity contribution in [3.05, 3.63) is 35.8 Å². The van der Waals surface area contributed by atoms with Crippen LogP contribution in [0, 0.1) is 0 Å². The number of anilines is 2. The predicted molar refractivity (Wildman–Crippen MR) is 102 cm³/mol. The van der Waals surface area contributed by atoms with Crippen molar-refractivity contribution in [2.75, 3.05) is 42.9 Å². The summed E-state index contributed by atoms with van der Waals surface area (Å²) in [4.78, 5) is 21.0. The van der Waals surface area contributed by atoms with Crippen LogP contribution in [-0.2, 0) is 14.8 Å². The van der Waals surface area contributed by atoms with Crippen molar-refractivity contribution in [1.82, 2.24) is 9.88 Å². The van der Waals surface area contributed by atoms with Gasteiger partial charge in [0.15, 0.2) is 5.13 Å². The molecule has 1 fully saturated rings. The fourth-order valence-corrected chi connectivity index (χ4v) is 4.04. The van der Waals surface area contributed by atoms with Crippen molar-refractivity contribution in [3.8, 4) is 0 Å². The number of rotatable bonds is 5. The molecule has 0 saturated carbocycles. The first-order chi connectivity index (χ1) is 12.4. The first-order valence-electron chi connectivity index (χ1n) is 8.21. The summed E-state index contributed by atoms with van der Waals surface area (Å²) in [6.07, 6.45) is 2.77. The van der Waals surface area contributed by atoms with Crippen LogP contribution in [0.4, 0.5) is 10.8 Å². The molecule has 0 radical (unpaired) electrons. The number of primary sulfonamides is 1. The van der Waals surface area contributed by atoms with Gasteiger partial charge in [0.2, 0.25) is 15.9 Å². The van der Waals surface area contributed by atoms with Crippen LogP contribution in [-0.4, -0.2) is 56.9 Å². The summed E-state index contributed by atoms with van der Waals surface area (Å²) in [7, 11) is -3.73. The van der Waals surface area contributed by atoms with E-state index in [1.807, 2.05) is 5.38 Å². The van der Waals surface area contributed by atoms with Gasteiger partial charge in [0, 0.05) is 43.4 Å². The molecule has 3 N–H and O–H groups in total. The quantitative estimate of drug-likeness (QED) is 0.780. The Morgan fingerprint density at radius 3 is 2.62 bits per heavy atom. The van der Waals surface area contributed by atoms with Crippen LogP contribution in [0.2, 0.25) is 0 Å². The fourth-order valence-electron chi connectivity index (χ4n) is 2.82. The third-order valence-corrected chi connectivity index (χ3v) is 5.87. The van der Waals surface area contributed by atoms with E-state index in [1.165, 1.54) is 24.3 Å². The Bertz CT molecular complexity index is 837. The van der Waals surface area contributed by atoms with E-state index in [2.05, 4.69) is 20.1 Å². The second-order valence-electron chi connectivity index (χ2n) is 6.05. The van der Waals surface area contributed by atoms with E-state index in [0.717, 1.165) is 37.7 Å². The highest BCUT2D eigenvalue weighted by atomic mass is 32.2. The Morgan fingerprint density at radius 1 is 1.19 bits per heavy atom. The second kappa shape index (κ2) is 8.12. The van der Waals surface area contributed by atoms with E-state index in [1.54, 1.807) is 17.5 Å². The third kappa shape index (κ3) is 5.01. The number of nitrogens with two attached hydrogens (primary N) is 1. The highest BCUT2D eigenvalue weighted by molar-refractivity contribution is 7.89. The van der Waals surface area contributed by atoms with Crippen LogP contribution < -0.4 is 15.4 Å². The normalized spacial score (nSPS) is 16.3. The monoisotopic (exact) mass is 395 g/mol. The van der Waals surface area contributed by atoms with Crippen molar-refractivity contribution < 1.29 is 13.2 Å². The van der Waals surface area contributed by atoms with Crippen molar-refractivity contribution in [2.24, 2.45) is 5.14 Å². The van der Waals surface area contributed by atoms with Crippen LogP contribution in [0.25, 0.3) is 0 Å². The SMILES string of the molecule is NS(=O)(=O)c1ccc(NC(=O)CN2CCCN(c3nccs3)CC2)cc1. The molecule has 1 aliphatic rings. The standard InChI is InChI=1S/C16H21N5O3S2/c17-26(23,24)14-4-2-13(3-5-14)19-15(22)12-20-7-1-8-21(10-9-20)16-18-6-11-25-16/h2-6,11H,1,7-10,12H2,(H,19,22)(H2,17,23,24). The molecule has 0 aliphatic carbocycles. The number of carbonyl (C=O) groups is 1. The zero-order valence-corrected chi connectivity index (χ0v) is 15.8. The van der Waals surface area contributed by atoms with Crippen molar-refractivity contribution >= 4 is 38.1 Å². The average molecular weight is 396 g/mol. The number of hydrogen-bond donors (Lipinski definition) is 2. The van der Waals surface area contributed by atoms with E-state index < -0.39 is 10.0 Å². The van der Waals surface area contributed by atoms with Crippen LogP contribution >= 0.6 is 11.3 Å². The largest absolute Gasteiger partial charge is 0.347 e. The van der Waals surface area contributed by atoms with Crippen LogP contribution in [0.5, 0.6) is 0 Å². The minimum atomic E-state index is -3.73. The van der Waals surface area contributed by atoms with Gasteiger partial charge < -0.3 is 10.2 Å². The molecule has 2 aromatic rings. The molecule has 1 saturated heterocycles. The first-order valence-corrected chi connectivity index (χ1v) is 10.6. The molecule has 0 atom stereocenters. The number of aromatic nitrogens is 1. The van der Waals surface area contributed by atoms with E-state index in [4.69, 9.17) is 5.14 Å². The predicted octanol–water partition coefficient (Wildman–Crippen LogP) is 0.941. The maximum Gasteiger partial charge on any atom is 0.238 e. The molecule has 0 unspecified atom stereocenters. The second-order valence-corrected chi connectivity index (χ2v) is 8.48. The minimum Gasteiger partial charge on any atom is -0.347 e. The molecule has 10 heteroatoms. The van der Waals surface area contributed by atoms with Gasteiger partial charge in [0.25, 0.3) is 0 Å². The van der Waals surface area contributed by atoms with Gasteiger partial charge >= 0.3 is 0 Å². The molecule has 0 spiro atoms. The van der Waals surface area contributed by atoms with E-state index in [-0.39, 0.29) is 10.8 Å². The Kier molecular flexibility index (Phi) is 5.87. The molecule has 26 heavy (non-hydrogen) atoms. The lowest BCUT2D eigenvalue weighted by Gasteiger charge is -2.21. The first kappa shape index (κ1) is 18.8. The molecule has 1 aliphatic heterocycles. The number of hydrogen-bond acceptors (Lipinski definition) is 7. The van der Waals surface area contributed by atoms with Crippen molar-refractivity contribution in [3.63, 3.8) is 0 Å². The van der Waals surface area contributed by atoms with Crippen LogP contribution in [0.15, 0.2) is 40.7 Å². The van der Waals surface area contributed by atoms with Gasteiger partial charge in [-0.3, -0.25) is 9.69 Å². The number of sulfonamides is 1.